The third-order valence-corrected chi connectivity index (χ3v) is 6.79. The first-order chi connectivity index (χ1) is 18.5. The van der Waals surface area contributed by atoms with Crippen molar-refractivity contribution < 1.29 is 18.5 Å². The number of benzene rings is 1. The molecule has 1 fully saturated rings. The SMILES string of the molecule is C=CC(=O)N1CC(C)CC1c1nc2nccc(-c3ccc(CNC(=O)c4nc(C(C)(C)C)no4)c(F)c3)c2[nH]1. The van der Waals surface area contributed by atoms with E-state index < -0.39 is 11.7 Å². The van der Waals surface area contributed by atoms with Crippen molar-refractivity contribution in [1.29, 1.82) is 0 Å². The predicted octanol–water partition coefficient (Wildman–Crippen LogP) is 4.47. The highest BCUT2D eigenvalue weighted by Gasteiger charge is 2.35. The maximum atomic E-state index is 15.1. The molecule has 0 aliphatic carbocycles. The Morgan fingerprint density at radius 1 is 1.28 bits per heavy atom. The van der Waals surface area contributed by atoms with Gasteiger partial charge in [0.25, 0.3) is 0 Å². The lowest BCUT2D eigenvalue weighted by Crippen LogP contribution is -2.29. The fourth-order valence-corrected chi connectivity index (χ4v) is 4.72. The fraction of sp³-hybridized carbons (Fsp3) is 0.357. The molecule has 5 rings (SSSR count). The van der Waals surface area contributed by atoms with E-state index in [1.165, 1.54) is 12.1 Å². The first-order valence-corrected chi connectivity index (χ1v) is 12.7. The number of hydrogen-bond donors (Lipinski definition) is 2. The minimum atomic E-state index is -0.576. The van der Waals surface area contributed by atoms with Gasteiger partial charge in [0.15, 0.2) is 11.5 Å². The number of carbonyl (C=O) groups excluding carboxylic acids is 2. The second-order valence-electron chi connectivity index (χ2n) is 10.9. The topological polar surface area (TPSA) is 130 Å². The minimum Gasteiger partial charge on any atom is -0.344 e. The molecule has 39 heavy (non-hydrogen) atoms. The summed E-state index contributed by atoms with van der Waals surface area (Å²) in [7, 11) is 0. The molecule has 0 radical (unpaired) electrons. The zero-order valence-corrected chi connectivity index (χ0v) is 22.3. The Bertz CT molecular complexity index is 1570. The minimum absolute atomic E-state index is 0.0504. The van der Waals surface area contributed by atoms with Crippen LogP contribution in [0.1, 0.15) is 68.1 Å². The molecule has 1 saturated heterocycles. The van der Waals surface area contributed by atoms with Crippen LogP contribution in [0.3, 0.4) is 0 Å². The van der Waals surface area contributed by atoms with Gasteiger partial charge in [-0.2, -0.15) is 4.98 Å². The number of H-pyrrole nitrogens is 1. The number of pyridine rings is 1. The normalized spacial score (nSPS) is 17.5. The summed E-state index contributed by atoms with van der Waals surface area (Å²) in [5, 5.41) is 6.47. The van der Waals surface area contributed by atoms with Gasteiger partial charge >= 0.3 is 11.8 Å². The molecule has 0 saturated carbocycles. The molecule has 2 N–H and O–H groups in total. The maximum Gasteiger partial charge on any atom is 0.315 e. The number of rotatable bonds is 6. The molecular weight excluding hydrogens is 501 g/mol. The van der Waals surface area contributed by atoms with Crippen LogP contribution in [0.2, 0.25) is 0 Å². The van der Waals surface area contributed by atoms with E-state index >= 15 is 4.39 Å². The van der Waals surface area contributed by atoms with Crippen molar-refractivity contribution >= 4 is 23.0 Å². The number of halogens is 1. The van der Waals surface area contributed by atoms with Crippen molar-refractivity contribution in [1.82, 2.24) is 35.3 Å². The van der Waals surface area contributed by atoms with Gasteiger partial charge < -0.3 is 19.7 Å². The van der Waals surface area contributed by atoms with Crippen LogP contribution in [0.4, 0.5) is 4.39 Å². The van der Waals surface area contributed by atoms with Crippen LogP contribution in [-0.2, 0) is 16.8 Å². The molecular formula is C28H30FN7O3. The van der Waals surface area contributed by atoms with Crippen LogP contribution in [0.15, 0.2) is 47.6 Å². The summed E-state index contributed by atoms with van der Waals surface area (Å²) in [6.07, 6.45) is 3.70. The standard InChI is InChI=1S/C28H30FN7O3/c1-6-21(37)36-14-15(2)11-20(36)23-32-22-18(9-10-30-24(22)33-23)16-7-8-17(19(29)12-16)13-31-25(38)26-34-27(35-39-26)28(3,4)5/h6-10,12,15,20H,1,11,13-14H2,2-5H3,(H,31,38)(H,30,32,33). The largest absolute Gasteiger partial charge is 0.344 e. The zero-order valence-electron chi connectivity index (χ0n) is 22.3. The second-order valence-corrected chi connectivity index (χ2v) is 10.9. The average Bonchev–Trinajstić information content (AvgIpc) is 3.64. The van der Waals surface area contributed by atoms with Crippen molar-refractivity contribution in [2.75, 3.05) is 6.54 Å². The summed E-state index contributed by atoms with van der Waals surface area (Å²) in [4.78, 5) is 43.1. The summed E-state index contributed by atoms with van der Waals surface area (Å²) in [6, 6.07) is 6.37. The molecule has 1 aromatic carbocycles. The van der Waals surface area contributed by atoms with Gasteiger partial charge in [-0.3, -0.25) is 9.59 Å². The van der Waals surface area contributed by atoms with Crippen LogP contribution < -0.4 is 5.32 Å². The molecule has 4 aromatic rings. The van der Waals surface area contributed by atoms with E-state index in [9.17, 15) is 9.59 Å². The third-order valence-electron chi connectivity index (χ3n) is 6.79. The molecule has 2 atom stereocenters. The van der Waals surface area contributed by atoms with E-state index in [-0.39, 0.29) is 29.8 Å². The maximum absolute atomic E-state index is 15.1. The van der Waals surface area contributed by atoms with Crippen LogP contribution >= 0.6 is 0 Å². The Labute approximate surface area is 224 Å². The number of aromatic amines is 1. The molecule has 11 heteroatoms. The number of aromatic nitrogens is 5. The number of nitrogens with one attached hydrogen (secondary N) is 2. The summed E-state index contributed by atoms with van der Waals surface area (Å²) in [6.45, 7) is 12.0. The Kier molecular flexibility index (Phi) is 6.75. The van der Waals surface area contributed by atoms with E-state index in [4.69, 9.17) is 4.52 Å². The van der Waals surface area contributed by atoms with Gasteiger partial charge in [-0.1, -0.05) is 51.6 Å². The number of carbonyl (C=O) groups is 2. The number of hydrogen-bond acceptors (Lipinski definition) is 7. The average molecular weight is 532 g/mol. The van der Waals surface area contributed by atoms with Gasteiger partial charge in [-0.25, -0.2) is 14.4 Å². The molecule has 2 amide bonds. The number of nitrogens with zero attached hydrogens (tertiary/aromatic N) is 5. The molecule has 4 heterocycles. The predicted molar refractivity (Wildman–Crippen MR) is 142 cm³/mol. The molecule has 10 nitrogen and oxygen atoms in total. The molecule has 3 aromatic heterocycles. The smallest absolute Gasteiger partial charge is 0.315 e. The lowest BCUT2D eigenvalue weighted by atomic mass is 9.96. The first kappa shape index (κ1) is 26.2. The van der Waals surface area contributed by atoms with Gasteiger partial charge in [-0.05, 0) is 36.1 Å². The van der Waals surface area contributed by atoms with Crippen LogP contribution in [0.25, 0.3) is 22.3 Å². The number of fused-ring (bicyclic) bond motifs is 1. The van der Waals surface area contributed by atoms with Crippen molar-refractivity contribution in [3.63, 3.8) is 0 Å². The van der Waals surface area contributed by atoms with Gasteiger partial charge in [0.2, 0.25) is 5.91 Å². The Hall–Kier alpha value is -4.41. The summed E-state index contributed by atoms with van der Waals surface area (Å²) < 4.78 is 20.2. The summed E-state index contributed by atoms with van der Waals surface area (Å²) >= 11 is 0. The van der Waals surface area contributed by atoms with Gasteiger partial charge in [0, 0.05) is 35.8 Å². The Balaban J connectivity index is 1.36. The van der Waals surface area contributed by atoms with Crippen LogP contribution in [0.5, 0.6) is 0 Å². The van der Waals surface area contributed by atoms with Crippen molar-refractivity contribution in [3.05, 3.63) is 72.0 Å². The molecule has 1 aliphatic rings. The molecule has 1 aliphatic heterocycles. The zero-order chi connectivity index (χ0) is 27.9. The van der Waals surface area contributed by atoms with E-state index in [1.807, 2.05) is 20.8 Å². The van der Waals surface area contributed by atoms with Crippen molar-refractivity contribution in [3.8, 4) is 11.1 Å². The number of amides is 2. The summed E-state index contributed by atoms with van der Waals surface area (Å²) in [5.41, 5.74) is 2.42. The monoisotopic (exact) mass is 531 g/mol. The Morgan fingerprint density at radius 3 is 2.77 bits per heavy atom. The third kappa shape index (κ3) is 5.16. The highest BCUT2D eigenvalue weighted by molar-refractivity contribution is 5.91. The quantitative estimate of drug-likeness (QED) is 0.351. The van der Waals surface area contributed by atoms with E-state index in [0.29, 0.717) is 46.4 Å². The highest BCUT2D eigenvalue weighted by atomic mass is 19.1. The van der Waals surface area contributed by atoms with Gasteiger partial charge in [0.05, 0.1) is 11.6 Å². The summed E-state index contributed by atoms with van der Waals surface area (Å²) in [5.74, 6) is 0.00391. The van der Waals surface area contributed by atoms with Gasteiger partial charge in [0.1, 0.15) is 11.6 Å². The van der Waals surface area contributed by atoms with Crippen LogP contribution in [-0.4, -0.2) is 48.4 Å². The fourth-order valence-electron chi connectivity index (χ4n) is 4.72. The molecule has 2 unspecified atom stereocenters. The van der Waals surface area contributed by atoms with Crippen molar-refractivity contribution in [2.45, 2.75) is 52.1 Å². The lowest BCUT2D eigenvalue weighted by Gasteiger charge is -2.21. The number of likely N-dealkylation sites (tertiary alicyclic amines) is 1. The van der Waals surface area contributed by atoms with E-state index in [0.717, 1.165) is 12.0 Å². The van der Waals surface area contributed by atoms with Crippen LogP contribution in [0, 0.1) is 11.7 Å². The Morgan fingerprint density at radius 2 is 2.08 bits per heavy atom. The lowest BCUT2D eigenvalue weighted by molar-refractivity contribution is -0.127. The number of imidazole rings is 1. The highest BCUT2D eigenvalue weighted by Crippen LogP contribution is 2.36. The van der Waals surface area contributed by atoms with E-state index in [1.54, 1.807) is 29.3 Å². The second kappa shape index (κ2) is 10.0. The van der Waals surface area contributed by atoms with E-state index in [2.05, 4.69) is 43.9 Å². The van der Waals surface area contributed by atoms with Gasteiger partial charge in [-0.15, -0.1) is 0 Å². The molecule has 0 spiro atoms. The first-order valence-electron chi connectivity index (χ1n) is 12.7. The molecule has 0 bridgehead atoms. The molecule has 202 valence electrons. The van der Waals surface area contributed by atoms with Crippen molar-refractivity contribution in [2.24, 2.45) is 5.92 Å².